The molecule has 4 N–H and O–H groups in total. The molecule has 0 aromatic heterocycles. The fraction of sp³-hybridized carbons (Fsp3) is 0.438. The fourth-order valence-corrected chi connectivity index (χ4v) is 1.95. The molecule has 0 fully saturated rings. The Labute approximate surface area is 147 Å². The van der Waals surface area contributed by atoms with Gasteiger partial charge in [-0.05, 0) is 18.9 Å². The van der Waals surface area contributed by atoms with Crippen LogP contribution in [0, 0.1) is 5.92 Å². The molecular weight excluding hydrogens is 334 g/mol. The van der Waals surface area contributed by atoms with E-state index in [1.165, 1.54) is 0 Å². The number of nitrogens with two attached hydrogens (primary N) is 1. The number of benzene rings is 1. The molecule has 7 nitrogen and oxygen atoms in total. The molecule has 1 rings (SSSR count). The van der Waals surface area contributed by atoms with E-state index >= 15 is 0 Å². The molecule has 0 bridgehead atoms. The number of amides is 2. The highest BCUT2D eigenvalue weighted by atomic mass is 35.5. The van der Waals surface area contributed by atoms with Crippen molar-refractivity contribution in [3.63, 3.8) is 0 Å². The molecule has 1 aromatic carbocycles. The smallest absolute Gasteiger partial charge is 0.311 e. The zero-order valence-electron chi connectivity index (χ0n) is 13.6. The lowest BCUT2D eigenvalue weighted by Gasteiger charge is -2.16. The van der Waals surface area contributed by atoms with Crippen LogP contribution in [0.5, 0.6) is 0 Å². The predicted molar refractivity (Wildman–Crippen MR) is 92.6 cm³/mol. The first-order chi connectivity index (χ1) is 11.1. The van der Waals surface area contributed by atoms with Crippen LogP contribution in [0.1, 0.15) is 12.5 Å². The number of hydrogen-bond acceptors (Lipinski definition) is 5. The molecular formula is C16H24ClN3O4. The van der Waals surface area contributed by atoms with E-state index in [0.717, 1.165) is 5.56 Å². The summed E-state index contributed by atoms with van der Waals surface area (Å²) in [5.74, 6) is -1.63. The Balaban J connectivity index is 0.00000529. The Hall–Kier alpha value is -2.12. The second-order valence-corrected chi connectivity index (χ2v) is 4.92. The number of halogens is 1. The summed E-state index contributed by atoms with van der Waals surface area (Å²) in [5, 5.41) is 4.99. The second-order valence-electron chi connectivity index (χ2n) is 4.92. The van der Waals surface area contributed by atoms with Crippen molar-refractivity contribution in [3.8, 4) is 0 Å². The van der Waals surface area contributed by atoms with Gasteiger partial charge in [-0.25, -0.2) is 0 Å². The Morgan fingerprint density at radius 2 is 1.79 bits per heavy atom. The molecule has 24 heavy (non-hydrogen) atoms. The quantitative estimate of drug-likeness (QED) is 0.540. The normalized spacial score (nSPS) is 10.9. The molecule has 0 heterocycles. The number of carbonyl (C=O) groups is 3. The largest absolute Gasteiger partial charge is 0.466 e. The van der Waals surface area contributed by atoms with Crippen molar-refractivity contribution in [2.75, 3.05) is 26.2 Å². The number of hydrogen-bond donors (Lipinski definition) is 3. The summed E-state index contributed by atoms with van der Waals surface area (Å²) in [6.07, 6.45) is 0.467. The van der Waals surface area contributed by atoms with Gasteiger partial charge in [0.2, 0.25) is 11.8 Å². The van der Waals surface area contributed by atoms with E-state index in [1.54, 1.807) is 6.92 Å². The van der Waals surface area contributed by atoms with Gasteiger partial charge in [-0.2, -0.15) is 0 Å². The van der Waals surface area contributed by atoms with E-state index in [2.05, 4.69) is 10.6 Å². The highest BCUT2D eigenvalue weighted by Gasteiger charge is 2.21. The third-order valence-corrected chi connectivity index (χ3v) is 3.12. The van der Waals surface area contributed by atoms with Crippen LogP contribution in [0.2, 0.25) is 0 Å². The summed E-state index contributed by atoms with van der Waals surface area (Å²) in [4.78, 5) is 34.7. The van der Waals surface area contributed by atoms with Crippen molar-refractivity contribution in [2.24, 2.45) is 11.7 Å². The molecule has 0 aliphatic heterocycles. The molecule has 1 atom stereocenters. The highest BCUT2D eigenvalue weighted by Crippen LogP contribution is 2.10. The summed E-state index contributed by atoms with van der Waals surface area (Å²) in [5.41, 5.74) is 6.12. The summed E-state index contributed by atoms with van der Waals surface area (Å²) >= 11 is 0. The highest BCUT2D eigenvalue weighted by molar-refractivity contribution is 5.86. The fourth-order valence-electron chi connectivity index (χ4n) is 1.95. The lowest BCUT2D eigenvalue weighted by Crippen LogP contribution is -2.42. The van der Waals surface area contributed by atoms with Crippen LogP contribution >= 0.6 is 12.4 Å². The van der Waals surface area contributed by atoms with Crippen LogP contribution in [-0.2, 0) is 25.5 Å². The topological polar surface area (TPSA) is 111 Å². The van der Waals surface area contributed by atoms with E-state index in [9.17, 15) is 14.4 Å². The number of nitrogens with one attached hydrogen (secondary N) is 2. The minimum atomic E-state index is -0.480. The van der Waals surface area contributed by atoms with Gasteiger partial charge in [0.25, 0.3) is 0 Å². The van der Waals surface area contributed by atoms with Gasteiger partial charge in [0.05, 0.1) is 25.6 Å². The Morgan fingerprint density at radius 1 is 1.12 bits per heavy atom. The summed E-state index contributed by atoms with van der Waals surface area (Å²) in [6, 6.07) is 9.49. The average Bonchev–Trinajstić information content (AvgIpc) is 2.57. The maximum Gasteiger partial charge on any atom is 0.311 e. The summed E-state index contributed by atoms with van der Waals surface area (Å²) in [6.45, 7) is 1.82. The molecule has 0 radical (unpaired) electrons. The summed E-state index contributed by atoms with van der Waals surface area (Å²) < 4.78 is 5.05. The number of ether oxygens (including phenoxy) is 1. The lowest BCUT2D eigenvalue weighted by molar-refractivity contribution is -0.148. The molecule has 0 spiro atoms. The molecule has 1 unspecified atom stereocenters. The van der Waals surface area contributed by atoms with Gasteiger partial charge in [0, 0.05) is 6.54 Å². The molecule has 0 aliphatic carbocycles. The minimum absolute atomic E-state index is 0. The van der Waals surface area contributed by atoms with Crippen molar-refractivity contribution in [1.29, 1.82) is 0 Å². The maximum absolute atomic E-state index is 12.0. The third-order valence-electron chi connectivity index (χ3n) is 3.12. The maximum atomic E-state index is 12.0. The van der Waals surface area contributed by atoms with Crippen molar-refractivity contribution in [1.82, 2.24) is 10.6 Å². The Kier molecular flexibility index (Phi) is 11.2. The van der Waals surface area contributed by atoms with Crippen LogP contribution in [0.25, 0.3) is 0 Å². The number of rotatable bonds is 9. The van der Waals surface area contributed by atoms with E-state index in [1.807, 2.05) is 30.3 Å². The van der Waals surface area contributed by atoms with Crippen LogP contribution < -0.4 is 16.4 Å². The van der Waals surface area contributed by atoms with Crippen molar-refractivity contribution < 1.29 is 19.1 Å². The molecule has 134 valence electrons. The first-order valence-corrected chi connectivity index (χ1v) is 7.50. The lowest BCUT2D eigenvalue weighted by atomic mass is 9.99. The Bertz CT molecular complexity index is 525. The van der Waals surface area contributed by atoms with Gasteiger partial charge >= 0.3 is 5.97 Å². The molecule has 0 aliphatic rings. The van der Waals surface area contributed by atoms with Crippen LogP contribution in [-0.4, -0.2) is 44.0 Å². The first-order valence-electron chi connectivity index (χ1n) is 7.50. The standard InChI is InChI=1S/C16H23N3O4.ClH/c1-2-23-16(22)13(8-12-6-4-3-5-7-12)10-18-15(21)11-19-14(20)9-17;/h3-7,13H,2,8-11,17H2,1H3,(H,18,21)(H,19,20);1H. The molecule has 2 amide bonds. The van der Waals surface area contributed by atoms with Gasteiger partial charge in [-0.3, -0.25) is 14.4 Å². The van der Waals surface area contributed by atoms with E-state index in [4.69, 9.17) is 10.5 Å². The van der Waals surface area contributed by atoms with Gasteiger partial charge in [0.1, 0.15) is 0 Å². The van der Waals surface area contributed by atoms with Crippen molar-refractivity contribution >= 4 is 30.2 Å². The second kappa shape index (κ2) is 12.3. The predicted octanol–water partition coefficient (Wildman–Crippen LogP) is 0.0213. The molecule has 0 saturated heterocycles. The molecule has 8 heteroatoms. The zero-order valence-corrected chi connectivity index (χ0v) is 14.4. The number of carbonyl (C=O) groups excluding carboxylic acids is 3. The first kappa shape index (κ1) is 21.9. The van der Waals surface area contributed by atoms with E-state index in [0.29, 0.717) is 6.42 Å². The van der Waals surface area contributed by atoms with Crippen LogP contribution in [0.15, 0.2) is 30.3 Å². The third kappa shape index (κ3) is 8.50. The average molecular weight is 358 g/mol. The molecule has 1 aromatic rings. The van der Waals surface area contributed by atoms with Gasteiger partial charge < -0.3 is 21.1 Å². The molecule has 0 saturated carbocycles. The van der Waals surface area contributed by atoms with Crippen molar-refractivity contribution in [2.45, 2.75) is 13.3 Å². The summed E-state index contributed by atoms with van der Waals surface area (Å²) in [7, 11) is 0. The van der Waals surface area contributed by atoms with Crippen LogP contribution in [0.3, 0.4) is 0 Å². The zero-order chi connectivity index (χ0) is 17.1. The Morgan fingerprint density at radius 3 is 2.38 bits per heavy atom. The van der Waals surface area contributed by atoms with Gasteiger partial charge in [-0.1, -0.05) is 30.3 Å². The monoisotopic (exact) mass is 357 g/mol. The minimum Gasteiger partial charge on any atom is -0.466 e. The van der Waals surface area contributed by atoms with Gasteiger partial charge in [-0.15, -0.1) is 12.4 Å². The SMILES string of the molecule is CCOC(=O)C(CNC(=O)CNC(=O)CN)Cc1ccccc1.Cl. The van der Waals surface area contributed by atoms with Crippen LogP contribution in [0.4, 0.5) is 0 Å². The number of esters is 1. The van der Waals surface area contributed by atoms with Crippen molar-refractivity contribution in [3.05, 3.63) is 35.9 Å². The van der Waals surface area contributed by atoms with Gasteiger partial charge in [0.15, 0.2) is 0 Å². The van der Waals surface area contributed by atoms with E-state index < -0.39 is 11.8 Å². The van der Waals surface area contributed by atoms with E-state index in [-0.39, 0.29) is 50.5 Å².